The van der Waals surface area contributed by atoms with E-state index in [9.17, 15) is 4.79 Å². The van der Waals surface area contributed by atoms with E-state index in [1.165, 1.54) is 12.4 Å². The number of nitrogens with zero attached hydrogens (tertiary/aromatic N) is 3. The Morgan fingerprint density at radius 3 is 2.69 bits per heavy atom. The van der Waals surface area contributed by atoms with Gasteiger partial charge in [0.25, 0.3) is 5.88 Å². The zero-order chi connectivity index (χ0) is 18.4. The maximum absolute atomic E-state index is 12.2. The molecule has 1 aliphatic rings. The summed E-state index contributed by atoms with van der Waals surface area (Å²) in [6.45, 7) is 0. The van der Waals surface area contributed by atoms with Gasteiger partial charge in [0.1, 0.15) is 12.2 Å². The van der Waals surface area contributed by atoms with Crippen molar-refractivity contribution in [2.45, 2.75) is 44.2 Å². The fourth-order valence-corrected chi connectivity index (χ4v) is 3.27. The van der Waals surface area contributed by atoms with Gasteiger partial charge < -0.3 is 10.1 Å². The van der Waals surface area contributed by atoms with Gasteiger partial charge in [-0.3, -0.25) is 4.79 Å². The molecule has 0 radical (unpaired) electrons. The molecule has 0 bridgehead atoms. The van der Waals surface area contributed by atoms with Crippen LogP contribution in [0.2, 0.25) is 5.02 Å². The Kier molecular flexibility index (Phi) is 6.03. The van der Waals surface area contributed by atoms with Crippen molar-refractivity contribution in [2.24, 2.45) is 0 Å². The highest BCUT2D eigenvalue weighted by Gasteiger charge is 2.25. The Bertz CT molecular complexity index is 813. The molecule has 1 amide bonds. The summed E-state index contributed by atoms with van der Waals surface area (Å²) in [6.07, 6.45) is 6.46. The summed E-state index contributed by atoms with van der Waals surface area (Å²) >= 11 is 6.10. The molecule has 7 heteroatoms. The van der Waals surface area contributed by atoms with Crippen LogP contribution in [0.4, 0.5) is 0 Å². The summed E-state index contributed by atoms with van der Waals surface area (Å²) in [7, 11) is 0. The number of ether oxygens (including phenoxy) is 1. The lowest BCUT2D eigenvalue weighted by Crippen LogP contribution is -2.40. The Labute approximate surface area is 157 Å². The zero-order valence-corrected chi connectivity index (χ0v) is 14.9. The molecule has 1 aliphatic carbocycles. The van der Waals surface area contributed by atoms with Gasteiger partial charge in [0.05, 0.1) is 6.42 Å². The van der Waals surface area contributed by atoms with Gasteiger partial charge in [-0.25, -0.2) is 9.97 Å². The van der Waals surface area contributed by atoms with E-state index >= 15 is 0 Å². The number of hydrogen-bond donors (Lipinski definition) is 1. The van der Waals surface area contributed by atoms with Crippen molar-refractivity contribution in [3.63, 3.8) is 0 Å². The Balaban J connectivity index is 1.47. The van der Waals surface area contributed by atoms with E-state index in [4.69, 9.17) is 21.6 Å². The smallest absolute Gasteiger partial charge is 0.251 e. The van der Waals surface area contributed by atoms with Crippen molar-refractivity contribution >= 4 is 17.5 Å². The van der Waals surface area contributed by atoms with Crippen LogP contribution in [0.15, 0.2) is 36.7 Å². The molecule has 3 rings (SSSR count). The number of aromatic nitrogens is 2. The highest BCUT2D eigenvalue weighted by Crippen LogP contribution is 2.24. The van der Waals surface area contributed by atoms with E-state index in [2.05, 4.69) is 15.3 Å². The average Bonchev–Trinajstić information content (AvgIpc) is 2.66. The lowest BCUT2D eigenvalue weighted by atomic mass is 9.92. The van der Waals surface area contributed by atoms with Crippen molar-refractivity contribution < 1.29 is 9.53 Å². The zero-order valence-electron chi connectivity index (χ0n) is 14.2. The van der Waals surface area contributed by atoms with Crippen LogP contribution in [-0.2, 0) is 11.2 Å². The van der Waals surface area contributed by atoms with Gasteiger partial charge in [-0.1, -0.05) is 29.8 Å². The third kappa shape index (κ3) is 4.70. The van der Waals surface area contributed by atoms with Crippen LogP contribution in [0.25, 0.3) is 0 Å². The van der Waals surface area contributed by atoms with Gasteiger partial charge in [0.15, 0.2) is 0 Å². The topological polar surface area (TPSA) is 87.9 Å². The number of benzene rings is 1. The molecule has 1 aromatic carbocycles. The van der Waals surface area contributed by atoms with Crippen molar-refractivity contribution in [1.82, 2.24) is 15.3 Å². The molecule has 1 heterocycles. The van der Waals surface area contributed by atoms with Crippen LogP contribution in [0.5, 0.6) is 5.88 Å². The van der Waals surface area contributed by atoms with E-state index in [0.29, 0.717) is 5.02 Å². The normalized spacial score (nSPS) is 19.4. The third-order valence-corrected chi connectivity index (χ3v) is 4.77. The van der Waals surface area contributed by atoms with Crippen LogP contribution in [0.3, 0.4) is 0 Å². The summed E-state index contributed by atoms with van der Waals surface area (Å²) in [4.78, 5) is 20.3. The highest BCUT2D eigenvalue weighted by molar-refractivity contribution is 6.31. The molecule has 1 fully saturated rings. The van der Waals surface area contributed by atoms with Crippen LogP contribution in [0.1, 0.15) is 36.9 Å². The van der Waals surface area contributed by atoms with E-state index in [1.54, 1.807) is 6.07 Å². The minimum atomic E-state index is -0.0249. The molecule has 134 valence electrons. The first-order chi connectivity index (χ1) is 12.7. The molecular formula is C19H19ClN4O2. The summed E-state index contributed by atoms with van der Waals surface area (Å²) < 4.78 is 5.82. The molecular weight excluding hydrogens is 352 g/mol. The molecule has 26 heavy (non-hydrogen) atoms. The molecule has 0 saturated heterocycles. The number of halogens is 1. The average molecular weight is 371 g/mol. The largest absolute Gasteiger partial charge is 0.472 e. The molecule has 0 atom stereocenters. The van der Waals surface area contributed by atoms with E-state index in [0.717, 1.165) is 31.2 Å². The second-order valence-electron chi connectivity index (χ2n) is 6.25. The molecule has 6 nitrogen and oxygen atoms in total. The molecule has 2 aromatic rings. The lowest BCUT2D eigenvalue weighted by Gasteiger charge is -2.29. The maximum atomic E-state index is 12.2. The number of hydrogen-bond acceptors (Lipinski definition) is 5. The number of carbonyl (C=O) groups excluding carboxylic acids is 1. The number of nitriles is 1. The predicted molar refractivity (Wildman–Crippen MR) is 96.7 cm³/mol. The van der Waals surface area contributed by atoms with Crippen LogP contribution < -0.4 is 10.1 Å². The first-order valence-corrected chi connectivity index (χ1v) is 8.94. The Morgan fingerprint density at radius 2 is 1.96 bits per heavy atom. The van der Waals surface area contributed by atoms with Crippen molar-refractivity contribution in [3.05, 3.63) is 52.9 Å². The van der Waals surface area contributed by atoms with Crippen LogP contribution in [0, 0.1) is 11.3 Å². The van der Waals surface area contributed by atoms with Gasteiger partial charge in [0.2, 0.25) is 11.6 Å². The van der Waals surface area contributed by atoms with Gasteiger partial charge in [-0.05, 0) is 37.3 Å². The van der Waals surface area contributed by atoms with E-state index < -0.39 is 0 Å². The van der Waals surface area contributed by atoms with E-state index in [-0.39, 0.29) is 36.0 Å². The predicted octanol–water partition coefficient (Wildman–Crippen LogP) is 3.05. The SMILES string of the molecule is N#Cc1nccnc1OC1CCC(NC(=O)Cc2ccccc2Cl)CC1. The second kappa shape index (κ2) is 8.63. The summed E-state index contributed by atoms with van der Waals surface area (Å²) in [6, 6.07) is 9.48. The van der Waals surface area contributed by atoms with Gasteiger partial charge in [0, 0.05) is 23.5 Å². The molecule has 1 N–H and O–H groups in total. The Morgan fingerprint density at radius 1 is 1.23 bits per heavy atom. The first-order valence-electron chi connectivity index (χ1n) is 8.56. The summed E-state index contributed by atoms with van der Waals surface area (Å²) in [5.41, 5.74) is 1.03. The van der Waals surface area contributed by atoms with Crippen LogP contribution in [-0.4, -0.2) is 28.0 Å². The van der Waals surface area contributed by atoms with Gasteiger partial charge >= 0.3 is 0 Å². The van der Waals surface area contributed by atoms with Crippen molar-refractivity contribution in [2.75, 3.05) is 0 Å². The summed E-state index contributed by atoms with van der Waals surface area (Å²) in [5, 5.41) is 12.7. The minimum Gasteiger partial charge on any atom is -0.472 e. The Hall–Kier alpha value is -2.65. The standard InChI is InChI=1S/C19H19ClN4O2/c20-16-4-2-1-3-13(16)11-18(25)24-14-5-7-15(8-6-14)26-19-17(12-21)22-9-10-23-19/h1-4,9-10,14-15H,5-8,11H2,(H,24,25). The molecule has 0 spiro atoms. The fourth-order valence-electron chi connectivity index (χ4n) is 3.06. The molecule has 0 aliphatic heterocycles. The monoisotopic (exact) mass is 370 g/mol. The summed E-state index contributed by atoms with van der Waals surface area (Å²) in [5.74, 6) is 0.254. The van der Waals surface area contributed by atoms with Crippen LogP contribution >= 0.6 is 11.6 Å². The second-order valence-corrected chi connectivity index (χ2v) is 6.66. The van der Waals surface area contributed by atoms with Gasteiger partial charge in [-0.15, -0.1) is 0 Å². The minimum absolute atomic E-state index is 0.0180. The number of carbonyl (C=O) groups is 1. The molecule has 1 aromatic heterocycles. The number of rotatable bonds is 5. The quantitative estimate of drug-likeness (QED) is 0.873. The van der Waals surface area contributed by atoms with Gasteiger partial charge in [-0.2, -0.15) is 5.26 Å². The lowest BCUT2D eigenvalue weighted by molar-refractivity contribution is -0.121. The third-order valence-electron chi connectivity index (χ3n) is 4.40. The van der Waals surface area contributed by atoms with Crippen molar-refractivity contribution in [1.29, 1.82) is 5.26 Å². The number of amides is 1. The maximum Gasteiger partial charge on any atom is 0.251 e. The molecule has 1 saturated carbocycles. The fraction of sp³-hybridized carbons (Fsp3) is 0.368. The van der Waals surface area contributed by atoms with E-state index in [1.807, 2.05) is 24.3 Å². The number of nitrogens with one attached hydrogen (secondary N) is 1. The molecule has 0 unspecified atom stereocenters. The highest BCUT2D eigenvalue weighted by atomic mass is 35.5. The first kappa shape index (κ1) is 18.2. The van der Waals surface area contributed by atoms with Crippen molar-refractivity contribution in [3.8, 4) is 11.9 Å².